The molecule has 0 aliphatic heterocycles. The Labute approximate surface area is 169 Å². The Morgan fingerprint density at radius 2 is 1.79 bits per heavy atom. The maximum absolute atomic E-state index is 13.0. The third-order valence-electron chi connectivity index (χ3n) is 4.05. The molecule has 2 aromatic rings. The molecule has 0 saturated heterocycles. The molecule has 0 aromatic heterocycles. The van der Waals surface area contributed by atoms with E-state index in [2.05, 4.69) is 15.6 Å². The first-order valence-corrected chi connectivity index (χ1v) is 8.98. The molecule has 0 heterocycles. The van der Waals surface area contributed by atoms with Gasteiger partial charge in [0, 0.05) is 18.2 Å². The molecule has 0 spiro atoms. The SMILES string of the molecule is CNC(=O)/C(=N/OC)c1ccccc1CO/N=C(C)/C=C(\C)c1ccc(F)cc1. The van der Waals surface area contributed by atoms with E-state index in [0.29, 0.717) is 11.3 Å². The third-order valence-corrected chi connectivity index (χ3v) is 4.05. The van der Waals surface area contributed by atoms with Crippen LogP contribution >= 0.6 is 0 Å². The quantitative estimate of drug-likeness (QED) is 0.542. The largest absolute Gasteiger partial charge is 0.398 e. The summed E-state index contributed by atoms with van der Waals surface area (Å²) in [6, 6.07) is 13.5. The van der Waals surface area contributed by atoms with Crippen molar-refractivity contribution in [2.75, 3.05) is 14.2 Å². The highest BCUT2D eigenvalue weighted by atomic mass is 19.1. The summed E-state index contributed by atoms with van der Waals surface area (Å²) in [5.41, 5.74) is 3.98. The smallest absolute Gasteiger partial charge is 0.273 e. The minimum absolute atomic E-state index is 0.149. The van der Waals surface area contributed by atoms with E-state index in [-0.39, 0.29) is 24.0 Å². The molecular formula is C22H24FN3O3. The lowest BCUT2D eigenvalue weighted by atomic mass is 10.0. The lowest BCUT2D eigenvalue weighted by Crippen LogP contribution is -2.29. The van der Waals surface area contributed by atoms with Gasteiger partial charge in [0.15, 0.2) is 5.71 Å². The van der Waals surface area contributed by atoms with Gasteiger partial charge in [-0.2, -0.15) is 0 Å². The van der Waals surface area contributed by atoms with Crippen molar-refractivity contribution in [3.63, 3.8) is 0 Å². The van der Waals surface area contributed by atoms with Crippen molar-refractivity contribution in [1.29, 1.82) is 0 Å². The first kappa shape index (κ1) is 21.8. The number of nitrogens with zero attached hydrogens (tertiary/aromatic N) is 2. The van der Waals surface area contributed by atoms with E-state index in [4.69, 9.17) is 9.68 Å². The van der Waals surface area contributed by atoms with Crippen LogP contribution in [-0.4, -0.2) is 31.5 Å². The second kappa shape index (κ2) is 10.8. The summed E-state index contributed by atoms with van der Waals surface area (Å²) >= 11 is 0. The predicted octanol–water partition coefficient (Wildman–Crippen LogP) is 3.92. The number of halogens is 1. The van der Waals surface area contributed by atoms with Crippen LogP contribution in [0.4, 0.5) is 4.39 Å². The molecule has 0 aliphatic rings. The summed E-state index contributed by atoms with van der Waals surface area (Å²) in [7, 11) is 2.90. The number of nitrogens with one attached hydrogen (secondary N) is 1. The Morgan fingerprint density at radius 1 is 1.10 bits per heavy atom. The first-order chi connectivity index (χ1) is 14.0. The molecule has 152 valence electrons. The number of rotatable bonds is 8. The fourth-order valence-corrected chi connectivity index (χ4v) is 2.64. The lowest BCUT2D eigenvalue weighted by molar-refractivity contribution is -0.114. The normalized spacial score (nSPS) is 12.5. The van der Waals surface area contributed by atoms with Crippen LogP contribution in [0.5, 0.6) is 0 Å². The van der Waals surface area contributed by atoms with Crippen molar-refractivity contribution in [2.45, 2.75) is 20.5 Å². The molecule has 0 aliphatic carbocycles. The molecule has 29 heavy (non-hydrogen) atoms. The lowest BCUT2D eigenvalue weighted by Gasteiger charge is -2.10. The van der Waals surface area contributed by atoms with Crippen molar-refractivity contribution in [2.24, 2.45) is 10.3 Å². The van der Waals surface area contributed by atoms with E-state index >= 15 is 0 Å². The van der Waals surface area contributed by atoms with Crippen LogP contribution in [0.2, 0.25) is 0 Å². The Balaban J connectivity index is 2.13. The fourth-order valence-electron chi connectivity index (χ4n) is 2.64. The van der Waals surface area contributed by atoms with Gasteiger partial charge < -0.3 is 15.0 Å². The van der Waals surface area contributed by atoms with Crippen LogP contribution < -0.4 is 5.32 Å². The van der Waals surface area contributed by atoms with E-state index in [0.717, 1.165) is 16.7 Å². The summed E-state index contributed by atoms with van der Waals surface area (Å²) in [6.07, 6.45) is 1.85. The molecule has 0 fully saturated rings. The molecule has 0 saturated carbocycles. The Bertz CT molecular complexity index is 935. The average molecular weight is 397 g/mol. The number of carbonyl (C=O) groups is 1. The Hall–Kier alpha value is -3.48. The van der Waals surface area contributed by atoms with E-state index in [1.807, 2.05) is 25.1 Å². The molecule has 0 unspecified atom stereocenters. The van der Waals surface area contributed by atoms with Gasteiger partial charge in [-0.25, -0.2) is 4.39 Å². The number of benzene rings is 2. The van der Waals surface area contributed by atoms with Crippen molar-refractivity contribution < 1.29 is 18.9 Å². The second-order valence-electron chi connectivity index (χ2n) is 6.20. The molecule has 1 N–H and O–H groups in total. The monoisotopic (exact) mass is 397 g/mol. The molecule has 0 radical (unpaired) electrons. The van der Waals surface area contributed by atoms with Crippen LogP contribution in [0.15, 0.2) is 64.9 Å². The van der Waals surface area contributed by atoms with Crippen LogP contribution in [0.3, 0.4) is 0 Å². The molecule has 0 atom stereocenters. The fraction of sp³-hybridized carbons (Fsp3) is 0.227. The zero-order valence-corrected chi connectivity index (χ0v) is 16.9. The zero-order valence-electron chi connectivity index (χ0n) is 16.9. The van der Waals surface area contributed by atoms with Crippen LogP contribution in [0.25, 0.3) is 5.57 Å². The van der Waals surface area contributed by atoms with Gasteiger partial charge >= 0.3 is 0 Å². The minimum Gasteiger partial charge on any atom is -0.398 e. The topological polar surface area (TPSA) is 72.3 Å². The van der Waals surface area contributed by atoms with E-state index < -0.39 is 0 Å². The van der Waals surface area contributed by atoms with E-state index in [1.165, 1.54) is 26.3 Å². The summed E-state index contributed by atoms with van der Waals surface area (Å²) in [4.78, 5) is 22.4. The molecular weight excluding hydrogens is 373 g/mol. The van der Waals surface area contributed by atoms with Gasteiger partial charge in [0.05, 0.1) is 5.71 Å². The molecule has 6 nitrogen and oxygen atoms in total. The van der Waals surface area contributed by atoms with Crippen LogP contribution in [0.1, 0.15) is 30.5 Å². The summed E-state index contributed by atoms with van der Waals surface area (Å²) < 4.78 is 13.0. The third kappa shape index (κ3) is 6.27. The number of allylic oxidation sites excluding steroid dienone is 2. The highest BCUT2D eigenvalue weighted by Crippen LogP contribution is 2.15. The van der Waals surface area contributed by atoms with Gasteiger partial charge in [0.25, 0.3) is 5.91 Å². The van der Waals surface area contributed by atoms with E-state index in [9.17, 15) is 9.18 Å². The predicted molar refractivity (Wildman–Crippen MR) is 112 cm³/mol. The van der Waals surface area contributed by atoms with Gasteiger partial charge in [-0.05, 0) is 43.2 Å². The molecule has 2 aromatic carbocycles. The Morgan fingerprint density at radius 3 is 2.45 bits per heavy atom. The zero-order chi connectivity index (χ0) is 21.2. The number of hydrogen-bond acceptors (Lipinski definition) is 5. The molecule has 2 rings (SSSR count). The number of carbonyl (C=O) groups excluding carboxylic acids is 1. The minimum atomic E-state index is -0.364. The highest BCUT2D eigenvalue weighted by Gasteiger charge is 2.17. The van der Waals surface area contributed by atoms with Crippen molar-refractivity contribution in [3.05, 3.63) is 77.1 Å². The number of amides is 1. The average Bonchev–Trinajstić information content (AvgIpc) is 2.72. The second-order valence-corrected chi connectivity index (χ2v) is 6.20. The van der Waals surface area contributed by atoms with Gasteiger partial charge in [-0.3, -0.25) is 4.79 Å². The summed E-state index contributed by atoms with van der Waals surface area (Å²) in [6.45, 7) is 3.87. The maximum Gasteiger partial charge on any atom is 0.273 e. The van der Waals surface area contributed by atoms with Crippen molar-refractivity contribution in [3.8, 4) is 0 Å². The summed E-state index contributed by atoms with van der Waals surface area (Å²) in [5, 5.41) is 10.5. The highest BCUT2D eigenvalue weighted by molar-refractivity contribution is 6.45. The molecule has 7 heteroatoms. The van der Waals surface area contributed by atoms with Gasteiger partial charge in [-0.15, -0.1) is 0 Å². The van der Waals surface area contributed by atoms with Gasteiger partial charge in [0.1, 0.15) is 19.5 Å². The Kier molecular flexibility index (Phi) is 8.09. The van der Waals surface area contributed by atoms with E-state index in [1.54, 1.807) is 31.2 Å². The van der Waals surface area contributed by atoms with Crippen molar-refractivity contribution >= 4 is 22.9 Å². The maximum atomic E-state index is 13.0. The van der Waals surface area contributed by atoms with Crippen molar-refractivity contribution in [1.82, 2.24) is 5.32 Å². The summed E-state index contributed by atoms with van der Waals surface area (Å²) in [5.74, 6) is -0.640. The molecule has 1 amide bonds. The number of hydrogen-bond donors (Lipinski definition) is 1. The van der Waals surface area contributed by atoms with Crippen LogP contribution in [-0.2, 0) is 21.1 Å². The first-order valence-electron chi connectivity index (χ1n) is 8.98. The number of likely N-dealkylation sites (N-methyl/N-ethyl adjacent to an activating group) is 1. The van der Waals surface area contributed by atoms with Gasteiger partial charge in [-0.1, -0.05) is 46.7 Å². The van der Waals surface area contributed by atoms with Crippen LogP contribution in [0, 0.1) is 5.82 Å². The number of oxime groups is 2. The van der Waals surface area contributed by atoms with Gasteiger partial charge in [0.2, 0.25) is 0 Å². The standard InChI is InChI=1S/C22H24FN3O3/c1-15(17-9-11-19(23)12-10-17)13-16(2)25-29-14-18-7-5-6-8-20(18)21(26-28-4)22(27)24-3/h5-13H,14H2,1-4H3,(H,24,27)/b15-13+,25-16+,26-21+. The molecule has 0 bridgehead atoms.